The highest BCUT2D eigenvalue weighted by atomic mass is 19.1. The number of carbonyl (C=O) groups is 2. The summed E-state index contributed by atoms with van der Waals surface area (Å²) in [5.74, 6) is 0.0534. The van der Waals surface area contributed by atoms with Gasteiger partial charge in [-0.3, -0.25) is 15.1 Å². The Morgan fingerprint density at radius 1 is 0.921 bits per heavy atom. The average molecular weight is 515 g/mol. The normalized spacial score (nSPS) is 10.8. The van der Waals surface area contributed by atoms with Crippen LogP contribution >= 0.6 is 0 Å². The van der Waals surface area contributed by atoms with Gasteiger partial charge in [0.2, 0.25) is 5.91 Å². The van der Waals surface area contributed by atoms with Gasteiger partial charge in [-0.25, -0.2) is 9.18 Å². The molecule has 0 radical (unpaired) electrons. The summed E-state index contributed by atoms with van der Waals surface area (Å²) in [6.07, 6.45) is 3.31. The van der Waals surface area contributed by atoms with E-state index >= 15 is 0 Å². The van der Waals surface area contributed by atoms with Crippen LogP contribution in [0.15, 0.2) is 79.1 Å². The summed E-state index contributed by atoms with van der Waals surface area (Å²) in [7, 11) is 3.04. The molecule has 0 saturated carbocycles. The first kappa shape index (κ1) is 24.6. The zero-order valence-electron chi connectivity index (χ0n) is 20.5. The average Bonchev–Trinajstić information content (AvgIpc) is 3.32. The number of pyridine rings is 1. The minimum absolute atomic E-state index is 0.0430. The number of imide groups is 1. The van der Waals surface area contributed by atoms with Gasteiger partial charge >= 0.3 is 6.03 Å². The Morgan fingerprint density at radius 2 is 1.71 bits per heavy atom. The first-order chi connectivity index (χ1) is 18.4. The molecule has 5 rings (SSSR count). The Balaban J connectivity index is 1.26. The monoisotopic (exact) mass is 514 g/mol. The number of ether oxygens (including phenoxy) is 3. The number of hydrogen-bond acceptors (Lipinski definition) is 6. The van der Waals surface area contributed by atoms with E-state index in [1.165, 1.54) is 32.5 Å². The van der Waals surface area contributed by atoms with Crippen molar-refractivity contribution in [3.63, 3.8) is 0 Å². The lowest BCUT2D eigenvalue weighted by Crippen LogP contribution is -2.36. The number of para-hydroxylation sites is 1. The van der Waals surface area contributed by atoms with E-state index in [1.807, 2.05) is 30.3 Å². The van der Waals surface area contributed by atoms with Crippen molar-refractivity contribution in [3.05, 3.63) is 84.9 Å². The van der Waals surface area contributed by atoms with Gasteiger partial charge in [0.25, 0.3) is 0 Å². The van der Waals surface area contributed by atoms with E-state index in [9.17, 15) is 14.0 Å². The predicted octanol–water partition coefficient (Wildman–Crippen LogP) is 5.49. The standard InChI is InChI=1S/C28H23FN4O5/c1-36-25-14-19-21(15-26(25)37-2)30-11-9-23(19)38-24-8-7-18(13-20(24)29)31-28(35)32-27(34)16-33-12-10-17-5-3-4-6-22(17)33/h3-15H,16H2,1-2H3,(H2,31,32,34,35). The minimum Gasteiger partial charge on any atom is -0.493 e. The third-order valence-corrected chi connectivity index (χ3v) is 5.86. The molecule has 0 bridgehead atoms. The van der Waals surface area contributed by atoms with E-state index in [4.69, 9.17) is 14.2 Å². The molecule has 38 heavy (non-hydrogen) atoms. The van der Waals surface area contributed by atoms with E-state index < -0.39 is 17.8 Å². The zero-order valence-corrected chi connectivity index (χ0v) is 20.5. The maximum absolute atomic E-state index is 14.9. The number of methoxy groups -OCH3 is 2. The Hall–Kier alpha value is -5.12. The zero-order chi connectivity index (χ0) is 26.6. The molecule has 0 aliphatic heterocycles. The molecular formula is C28H23FN4O5. The molecule has 0 aliphatic carbocycles. The molecule has 192 valence electrons. The molecule has 0 fully saturated rings. The van der Waals surface area contributed by atoms with E-state index in [0.29, 0.717) is 28.2 Å². The third-order valence-electron chi connectivity index (χ3n) is 5.86. The summed E-state index contributed by atoms with van der Waals surface area (Å²) in [6, 6.07) is 17.7. The first-order valence-electron chi connectivity index (χ1n) is 11.6. The second kappa shape index (κ2) is 10.5. The van der Waals surface area contributed by atoms with E-state index in [0.717, 1.165) is 17.0 Å². The van der Waals surface area contributed by atoms with Gasteiger partial charge in [-0.15, -0.1) is 0 Å². The van der Waals surface area contributed by atoms with Crippen molar-refractivity contribution < 1.29 is 28.2 Å². The summed E-state index contributed by atoms with van der Waals surface area (Å²) >= 11 is 0. The van der Waals surface area contributed by atoms with Gasteiger partial charge in [0.15, 0.2) is 23.1 Å². The van der Waals surface area contributed by atoms with Crippen LogP contribution < -0.4 is 24.8 Å². The van der Waals surface area contributed by atoms with Gasteiger partial charge in [0.05, 0.1) is 19.7 Å². The number of benzene rings is 3. The predicted molar refractivity (Wildman–Crippen MR) is 140 cm³/mol. The fourth-order valence-corrected chi connectivity index (χ4v) is 4.08. The number of rotatable bonds is 7. The van der Waals surface area contributed by atoms with Crippen molar-refractivity contribution in [3.8, 4) is 23.0 Å². The van der Waals surface area contributed by atoms with Crippen LogP contribution in [-0.2, 0) is 11.3 Å². The number of nitrogens with one attached hydrogen (secondary N) is 2. The van der Waals surface area contributed by atoms with Gasteiger partial charge in [-0.05, 0) is 41.8 Å². The highest BCUT2D eigenvalue weighted by Gasteiger charge is 2.15. The van der Waals surface area contributed by atoms with Gasteiger partial charge in [0.1, 0.15) is 12.3 Å². The summed E-state index contributed by atoms with van der Waals surface area (Å²) in [6.45, 7) is -0.0430. The van der Waals surface area contributed by atoms with Gasteiger partial charge in [-0.1, -0.05) is 18.2 Å². The molecule has 0 atom stereocenters. The van der Waals surface area contributed by atoms with Crippen molar-refractivity contribution in [1.82, 2.24) is 14.9 Å². The summed E-state index contributed by atoms with van der Waals surface area (Å²) in [5, 5.41) is 6.30. The fourth-order valence-electron chi connectivity index (χ4n) is 4.08. The Bertz CT molecular complexity index is 1670. The van der Waals surface area contributed by atoms with Crippen molar-refractivity contribution in [1.29, 1.82) is 0 Å². The van der Waals surface area contributed by atoms with Crippen molar-refractivity contribution in [2.75, 3.05) is 19.5 Å². The van der Waals surface area contributed by atoms with E-state index in [-0.39, 0.29) is 18.0 Å². The number of amides is 3. The second-order valence-electron chi connectivity index (χ2n) is 8.29. The lowest BCUT2D eigenvalue weighted by Gasteiger charge is -2.13. The van der Waals surface area contributed by atoms with Gasteiger partial charge in [-0.2, -0.15) is 0 Å². The molecule has 10 heteroatoms. The maximum Gasteiger partial charge on any atom is 0.325 e. The Kier molecular flexibility index (Phi) is 6.77. The van der Waals surface area contributed by atoms with Crippen LogP contribution in [-0.4, -0.2) is 35.7 Å². The molecule has 0 spiro atoms. The van der Waals surface area contributed by atoms with Crippen LogP contribution in [0.4, 0.5) is 14.9 Å². The topological polar surface area (TPSA) is 104 Å². The number of nitrogens with zero attached hydrogens (tertiary/aromatic N) is 2. The molecule has 0 aliphatic rings. The molecular weight excluding hydrogens is 491 g/mol. The number of aromatic nitrogens is 2. The van der Waals surface area contributed by atoms with Crippen molar-refractivity contribution >= 4 is 39.4 Å². The number of anilines is 1. The molecule has 3 amide bonds. The van der Waals surface area contributed by atoms with Gasteiger partial charge < -0.3 is 24.1 Å². The van der Waals surface area contributed by atoms with Crippen LogP contribution in [0.5, 0.6) is 23.0 Å². The van der Waals surface area contributed by atoms with Crippen molar-refractivity contribution in [2.24, 2.45) is 0 Å². The van der Waals surface area contributed by atoms with E-state index in [1.54, 1.807) is 29.0 Å². The first-order valence-corrected chi connectivity index (χ1v) is 11.6. The lowest BCUT2D eigenvalue weighted by molar-refractivity contribution is -0.120. The molecule has 2 aromatic heterocycles. The highest BCUT2D eigenvalue weighted by Crippen LogP contribution is 2.37. The van der Waals surface area contributed by atoms with Crippen LogP contribution in [0, 0.1) is 5.82 Å². The second-order valence-corrected chi connectivity index (χ2v) is 8.29. The minimum atomic E-state index is -0.777. The summed E-state index contributed by atoms with van der Waals surface area (Å²) in [5.41, 5.74) is 1.60. The molecule has 5 aromatic rings. The van der Waals surface area contributed by atoms with Gasteiger partial charge in [0, 0.05) is 41.1 Å². The number of halogens is 1. The smallest absolute Gasteiger partial charge is 0.325 e. The maximum atomic E-state index is 14.9. The van der Waals surface area contributed by atoms with Crippen LogP contribution in [0.25, 0.3) is 21.8 Å². The number of carbonyl (C=O) groups excluding carboxylic acids is 2. The molecule has 2 heterocycles. The number of hydrogen-bond donors (Lipinski definition) is 2. The number of fused-ring (bicyclic) bond motifs is 2. The lowest BCUT2D eigenvalue weighted by atomic mass is 10.2. The SMILES string of the molecule is COc1cc2nccc(Oc3ccc(NC(=O)NC(=O)Cn4ccc5ccccc54)cc3F)c2cc1OC. The number of urea groups is 1. The Morgan fingerprint density at radius 3 is 2.50 bits per heavy atom. The molecule has 2 N–H and O–H groups in total. The van der Waals surface area contributed by atoms with Crippen molar-refractivity contribution in [2.45, 2.75) is 6.54 Å². The van der Waals surface area contributed by atoms with Crippen LogP contribution in [0.2, 0.25) is 0 Å². The highest BCUT2D eigenvalue weighted by molar-refractivity contribution is 6.01. The van der Waals surface area contributed by atoms with E-state index in [2.05, 4.69) is 15.6 Å². The molecule has 3 aromatic carbocycles. The summed E-state index contributed by atoms with van der Waals surface area (Å²) < 4.78 is 33.1. The van der Waals surface area contributed by atoms with Crippen LogP contribution in [0.3, 0.4) is 0 Å². The Labute approximate surface area is 216 Å². The largest absolute Gasteiger partial charge is 0.493 e. The molecule has 9 nitrogen and oxygen atoms in total. The third kappa shape index (κ3) is 5.05. The fraction of sp³-hybridized carbons (Fsp3) is 0.107. The summed E-state index contributed by atoms with van der Waals surface area (Å²) in [4.78, 5) is 29.0. The molecule has 0 saturated heterocycles. The van der Waals surface area contributed by atoms with Crippen LogP contribution in [0.1, 0.15) is 0 Å². The quantitative estimate of drug-likeness (QED) is 0.298. The molecule has 0 unspecified atom stereocenters.